The highest BCUT2D eigenvalue weighted by molar-refractivity contribution is 5.89. The molecule has 12 heteroatoms. The first-order chi connectivity index (χ1) is 17.0. The normalized spacial score (nSPS) is 18.8. The van der Waals surface area contributed by atoms with E-state index in [-0.39, 0.29) is 26.0 Å². The van der Waals surface area contributed by atoms with Crippen LogP contribution in [0.3, 0.4) is 0 Å². The first-order valence-electron chi connectivity index (χ1n) is 11.8. The first-order valence-corrected chi connectivity index (χ1v) is 11.8. The lowest BCUT2D eigenvalue weighted by Gasteiger charge is -2.32. The Morgan fingerprint density at radius 1 is 1.14 bits per heavy atom. The van der Waals surface area contributed by atoms with E-state index in [0.29, 0.717) is 37.0 Å². The highest BCUT2D eigenvalue weighted by Gasteiger charge is 2.46. The molecule has 2 N–H and O–H groups in total. The molecule has 3 unspecified atom stereocenters. The average Bonchev–Trinajstić information content (AvgIpc) is 2.91. The lowest BCUT2D eigenvalue weighted by Crippen LogP contribution is -2.57. The number of nitrogens with one attached hydrogen (secondary N) is 1. The summed E-state index contributed by atoms with van der Waals surface area (Å²) < 4.78 is 47.6. The van der Waals surface area contributed by atoms with Gasteiger partial charge in [0.05, 0.1) is 12.6 Å². The molecule has 1 amide bonds. The summed E-state index contributed by atoms with van der Waals surface area (Å²) in [5.41, 5.74) is 0.945. The van der Waals surface area contributed by atoms with Crippen molar-refractivity contribution < 1.29 is 46.9 Å². The van der Waals surface area contributed by atoms with Gasteiger partial charge in [-0.3, -0.25) is 19.8 Å². The van der Waals surface area contributed by atoms with Gasteiger partial charge in [0.25, 0.3) is 6.23 Å². The zero-order chi connectivity index (χ0) is 26.7. The van der Waals surface area contributed by atoms with Crippen LogP contribution in [0.4, 0.5) is 13.2 Å². The van der Waals surface area contributed by atoms with Crippen molar-refractivity contribution in [2.45, 2.75) is 76.4 Å². The minimum absolute atomic E-state index is 0.0988. The monoisotopic (exact) mass is 516 g/mol. The van der Waals surface area contributed by atoms with E-state index >= 15 is 0 Å². The number of esters is 2. The van der Waals surface area contributed by atoms with Crippen molar-refractivity contribution in [1.29, 1.82) is 0 Å². The van der Waals surface area contributed by atoms with E-state index in [0.717, 1.165) is 5.56 Å². The third-order valence-corrected chi connectivity index (χ3v) is 5.71. The van der Waals surface area contributed by atoms with E-state index in [9.17, 15) is 37.5 Å². The second kappa shape index (κ2) is 13.8. The maximum atomic E-state index is 13.4. The molecule has 0 saturated carbocycles. The molecule has 1 saturated heterocycles. The molecule has 200 valence electrons. The summed E-state index contributed by atoms with van der Waals surface area (Å²) >= 11 is 0. The van der Waals surface area contributed by atoms with E-state index in [4.69, 9.17) is 4.74 Å². The maximum absolute atomic E-state index is 13.4. The summed E-state index contributed by atoms with van der Waals surface area (Å²) in [6.45, 7) is 1.50. The van der Waals surface area contributed by atoms with Crippen LogP contribution in [0.5, 0.6) is 0 Å². The molecular weight excluding hydrogens is 485 g/mol. The molecule has 3 atom stereocenters. The number of hydrogen-bond donors (Lipinski definition) is 2. The SMILES string of the molecule is CCOC(=O)C(CCc1ccccc1)NC1CCCCCCN(C(OC(=O)C(F)(F)F)C(=O)O)C1=O. The third kappa shape index (κ3) is 8.81. The van der Waals surface area contributed by atoms with Gasteiger partial charge in [-0.1, -0.05) is 49.6 Å². The molecule has 1 heterocycles. The van der Waals surface area contributed by atoms with Gasteiger partial charge >= 0.3 is 24.1 Å². The van der Waals surface area contributed by atoms with Gasteiger partial charge in [0, 0.05) is 6.54 Å². The number of carbonyl (C=O) groups is 4. The molecule has 2 rings (SSSR count). The lowest BCUT2D eigenvalue weighted by molar-refractivity contribution is -0.216. The summed E-state index contributed by atoms with van der Waals surface area (Å²) in [7, 11) is 0. The van der Waals surface area contributed by atoms with Crippen LogP contribution in [0.25, 0.3) is 0 Å². The Hall–Kier alpha value is -3.15. The number of carbonyl (C=O) groups excluding carboxylic acids is 3. The number of alkyl halides is 3. The summed E-state index contributed by atoms with van der Waals surface area (Å²) in [5.74, 6) is -6.09. The molecule has 1 fully saturated rings. The average molecular weight is 517 g/mol. The number of carboxylic acids is 1. The molecule has 0 aromatic heterocycles. The number of carboxylic acid groups (broad SMARTS) is 1. The predicted octanol–water partition coefficient (Wildman–Crippen LogP) is 2.82. The van der Waals surface area contributed by atoms with Crippen molar-refractivity contribution in [3.8, 4) is 0 Å². The molecular formula is C24H31F3N2O7. The quantitative estimate of drug-likeness (QED) is 0.456. The number of benzene rings is 1. The predicted molar refractivity (Wildman–Crippen MR) is 120 cm³/mol. The smallest absolute Gasteiger partial charge is 0.477 e. The Labute approximate surface area is 206 Å². The number of amides is 1. The number of aliphatic carboxylic acids is 1. The molecule has 0 radical (unpaired) electrons. The summed E-state index contributed by atoms with van der Waals surface area (Å²) in [4.78, 5) is 49.8. The molecule has 1 aromatic rings. The maximum Gasteiger partial charge on any atom is 0.491 e. The van der Waals surface area contributed by atoms with Crippen molar-refractivity contribution >= 4 is 23.8 Å². The lowest BCUT2D eigenvalue weighted by atomic mass is 10.0. The van der Waals surface area contributed by atoms with Crippen LogP contribution in [-0.4, -0.2) is 71.5 Å². The van der Waals surface area contributed by atoms with E-state index in [1.807, 2.05) is 30.3 Å². The molecule has 9 nitrogen and oxygen atoms in total. The van der Waals surface area contributed by atoms with Gasteiger partial charge in [0.15, 0.2) is 0 Å². The van der Waals surface area contributed by atoms with Crippen molar-refractivity contribution in [3.05, 3.63) is 35.9 Å². The minimum Gasteiger partial charge on any atom is -0.477 e. The molecule has 0 spiro atoms. The van der Waals surface area contributed by atoms with Crippen LogP contribution in [0.15, 0.2) is 30.3 Å². The number of hydrogen-bond acceptors (Lipinski definition) is 7. The minimum atomic E-state index is -5.43. The molecule has 1 aliphatic rings. The van der Waals surface area contributed by atoms with Gasteiger partial charge in [-0.05, 0) is 38.2 Å². The van der Waals surface area contributed by atoms with Crippen LogP contribution in [-0.2, 0) is 35.1 Å². The molecule has 1 aromatic carbocycles. The fraction of sp³-hybridized carbons (Fsp3) is 0.583. The summed E-state index contributed by atoms with van der Waals surface area (Å²) in [6, 6.07) is 7.26. The van der Waals surface area contributed by atoms with Gasteiger partial charge in [-0.2, -0.15) is 13.2 Å². The highest BCUT2D eigenvalue weighted by atomic mass is 19.4. The first kappa shape index (κ1) is 29.1. The topological polar surface area (TPSA) is 122 Å². The fourth-order valence-electron chi connectivity index (χ4n) is 3.93. The molecule has 0 bridgehead atoms. The van der Waals surface area contributed by atoms with Crippen molar-refractivity contribution in [2.24, 2.45) is 0 Å². The van der Waals surface area contributed by atoms with Crippen molar-refractivity contribution in [3.63, 3.8) is 0 Å². The highest BCUT2D eigenvalue weighted by Crippen LogP contribution is 2.22. The molecule has 0 aliphatic carbocycles. The number of ether oxygens (including phenoxy) is 2. The Bertz CT molecular complexity index is 895. The van der Waals surface area contributed by atoms with Crippen LogP contribution < -0.4 is 5.32 Å². The van der Waals surface area contributed by atoms with Gasteiger partial charge in [-0.15, -0.1) is 0 Å². The van der Waals surface area contributed by atoms with Crippen LogP contribution in [0.2, 0.25) is 0 Å². The Balaban J connectivity index is 2.28. The van der Waals surface area contributed by atoms with Crippen LogP contribution in [0.1, 0.15) is 51.0 Å². The number of rotatable bonds is 10. The Morgan fingerprint density at radius 2 is 1.81 bits per heavy atom. The van der Waals surface area contributed by atoms with Crippen molar-refractivity contribution in [1.82, 2.24) is 10.2 Å². The summed E-state index contributed by atoms with van der Waals surface area (Å²) in [5, 5.41) is 12.4. The second-order valence-corrected chi connectivity index (χ2v) is 8.38. The van der Waals surface area contributed by atoms with Gasteiger partial charge in [0.1, 0.15) is 6.04 Å². The number of halogens is 3. The standard InChI is InChI=1S/C24H31F3N2O7/c1-2-35-22(33)18(14-13-16-10-6-5-7-11-16)28-17-12-8-3-4-9-15-29(19(17)30)20(21(31)32)36-23(34)24(25,26)27/h5-7,10-11,17-18,20,28H,2-4,8-9,12-15H2,1H3,(H,31,32). The zero-order valence-electron chi connectivity index (χ0n) is 20.0. The van der Waals surface area contributed by atoms with Crippen LogP contribution >= 0.6 is 0 Å². The van der Waals surface area contributed by atoms with Crippen molar-refractivity contribution in [2.75, 3.05) is 13.2 Å². The fourth-order valence-corrected chi connectivity index (χ4v) is 3.93. The number of nitrogens with zero attached hydrogens (tertiary/aromatic N) is 1. The third-order valence-electron chi connectivity index (χ3n) is 5.71. The number of aryl methyl sites for hydroxylation is 1. The molecule has 36 heavy (non-hydrogen) atoms. The Kier molecular flexibility index (Phi) is 11.2. The van der Waals surface area contributed by atoms with Gasteiger partial charge in [-0.25, -0.2) is 9.59 Å². The Morgan fingerprint density at radius 3 is 2.42 bits per heavy atom. The molecule has 1 aliphatic heterocycles. The largest absolute Gasteiger partial charge is 0.491 e. The zero-order valence-corrected chi connectivity index (χ0v) is 20.0. The van der Waals surface area contributed by atoms with Crippen LogP contribution in [0, 0.1) is 0 Å². The van der Waals surface area contributed by atoms with Gasteiger partial charge in [0.2, 0.25) is 5.91 Å². The van der Waals surface area contributed by atoms with Gasteiger partial charge < -0.3 is 14.6 Å². The van der Waals surface area contributed by atoms with E-state index in [1.165, 1.54) is 0 Å². The van der Waals surface area contributed by atoms with E-state index < -0.39 is 48.3 Å². The van der Waals surface area contributed by atoms with E-state index in [1.54, 1.807) is 6.92 Å². The van der Waals surface area contributed by atoms with E-state index in [2.05, 4.69) is 10.1 Å². The second-order valence-electron chi connectivity index (χ2n) is 8.38. The summed E-state index contributed by atoms with van der Waals surface area (Å²) in [6.07, 6.45) is -4.80.